The molecule has 8 heteroatoms. The summed E-state index contributed by atoms with van der Waals surface area (Å²) in [6, 6.07) is -1.10. The summed E-state index contributed by atoms with van der Waals surface area (Å²) in [5.41, 5.74) is -0.887. The number of allylic oxidation sites excluding steroid dienone is 1. The van der Waals surface area contributed by atoms with Gasteiger partial charge < -0.3 is 15.2 Å². The maximum atomic E-state index is 11.8. The van der Waals surface area contributed by atoms with E-state index in [4.69, 9.17) is 4.74 Å². The molecule has 0 aromatic carbocycles. The van der Waals surface area contributed by atoms with Gasteiger partial charge in [-0.2, -0.15) is 4.91 Å². The third-order valence-electron chi connectivity index (χ3n) is 3.65. The fourth-order valence-electron chi connectivity index (χ4n) is 2.38. The van der Waals surface area contributed by atoms with E-state index < -0.39 is 30.0 Å². The highest BCUT2D eigenvalue weighted by atomic mass is 16.5. The fourth-order valence-corrected chi connectivity index (χ4v) is 2.38. The van der Waals surface area contributed by atoms with Crippen LogP contribution in [0.3, 0.4) is 0 Å². The van der Waals surface area contributed by atoms with Crippen LogP contribution in [0.2, 0.25) is 0 Å². The molecule has 0 spiro atoms. The number of hydrogen-bond acceptors (Lipinski definition) is 6. The summed E-state index contributed by atoms with van der Waals surface area (Å²) in [7, 11) is 1.45. The number of ether oxygens (including phenoxy) is 1. The van der Waals surface area contributed by atoms with Crippen LogP contribution in [0.15, 0.2) is 17.5 Å². The molecule has 2 amide bonds. The Kier molecular flexibility index (Phi) is 5.98. The molecule has 2 N–H and O–H groups in total. The van der Waals surface area contributed by atoms with Crippen molar-refractivity contribution < 1.29 is 19.4 Å². The van der Waals surface area contributed by atoms with Crippen molar-refractivity contribution in [3.05, 3.63) is 17.2 Å². The summed E-state index contributed by atoms with van der Waals surface area (Å²) < 4.78 is 5.82. The van der Waals surface area contributed by atoms with Crippen molar-refractivity contribution in [2.45, 2.75) is 50.7 Å². The number of nitroso groups, excluding NO2 is 1. The first-order valence-corrected chi connectivity index (χ1v) is 6.70. The highest BCUT2D eigenvalue weighted by Gasteiger charge is 2.51. The van der Waals surface area contributed by atoms with Crippen LogP contribution < -0.4 is 5.32 Å². The third-order valence-corrected chi connectivity index (χ3v) is 3.65. The Morgan fingerprint density at radius 1 is 1.52 bits per heavy atom. The Hall–Kier alpha value is -1.80. The summed E-state index contributed by atoms with van der Waals surface area (Å²) in [6.07, 6.45) is 2.29. The van der Waals surface area contributed by atoms with Crippen molar-refractivity contribution in [3.63, 3.8) is 0 Å². The Bertz CT molecular complexity index is 420. The lowest BCUT2D eigenvalue weighted by Gasteiger charge is -2.48. The van der Waals surface area contributed by atoms with Gasteiger partial charge in [0, 0.05) is 26.1 Å². The number of nitrogens with one attached hydrogen (secondary N) is 1. The van der Waals surface area contributed by atoms with E-state index in [0.717, 1.165) is 0 Å². The molecule has 0 saturated heterocycles. The SMILES string of the molecule is CNC(=O)N(/C=C\C=O)C(C)O[C@]1(C(C)N=O)C[C@H](O)C1. The number of hydrogen-bond donors (Lipinski definition) is 2. The number of nitrogens with zero attached hydrogens (tertiary/aromatic N) is 2. The number of rotatable bonds is 7. The monoisotopic (exact) mass is 299 g/mol. The zero-order chi connectivity index (χ0) is 16.0. The molecule has 21 heavy (non-hydrogen) atoms. The number of aliphatic hydroxyl groups is 1. The van der Waals surface area contributed by atoms with E-state index in [9.17, 15) is 19.6 Å². The first-order chi connectivity index (χ1) is 9.90. The summed E-state index contributed by atoms with van der Waals surface area (Å²) in [6.45, 7) is 3.23. The quantitative estimate of drug-likeness (QED) is 0.312. The van der Waals surface area contributed by atoms with Crippen LogP contribution in [0.5, 0.6) is 0 Å². The minimum Gasteiger partial charge on any atom is -0.393 e. The molecule has 1 fully saturated rings. The van der Waals surface area contributed by atoms with E-state index in [1.165, 1.54) is 24.2 Å². The van der Waals surface area contributed by atoms with Gasteiger partial charge in [-0.3, -0.25) is 9.69 Å². The lowest BCUT2D eigenvalue weighted by molar-refractivity contribution is -0.207. The first kappa shape index (κ1) is 17.3. The molecule has 118 valence electrons. The van der Waals surface area contributed by atoms with Crippen molar-refractivity contribution in [3.8, 4) is 0 Å². The van der Waals surface area contributed by atoms with E-state index in [2.05, 4.69) is 10.5 Å². The fraction of sp³-hybridized carbons (Fsp3) is 0.692. The normalized spacial score (nSPS) is 27.5. The topological polar surface area (TPSA) is 108 Å². The van der Waals surface area contributed by atoms with Crippen LogP contribution in [-0.2, 0) is 9.53 Å². The van der Waals surface area contributed by atoms with Crippen LogP contribution in [0.4, 0.5) is 4.79 Å². The smallest absolute Gasteiger partial charge is 0.323 e. The lowest BCUT2D eigenvalue weighted by Crippen LogP contribution is -2.59. The Morgan fingerprint density at radius 3 is 2.57 bits per heavy atom. The Morgan fingerprint density at radius 2 is 2.14 bits per heavy atom. The van der Waals surface area contributed by atoms with Crippen LogP contribution in [0.25, 0.3) is 0 Å². The van der Waals surface area contributed by atoms with Crippen LogP contribution in [0.1, 0.15) is 26.7 Å². The van der Waals surface area contributed by atoms with E-state index in [-0.39, 0.29) is 12.8 Å². The number of aliphatic hydroxyl groups excluding tert-OH is 1. The molecular formula is C13H21N3O5. The van der Waals surface area contributed by atoms with Gasteiger partial charge in [0.1, 0.15) is 24.2 Å². The van der Waals surface area contributed by atoms with E-state index in [0.29, 0.717) is 6.29 Å². The lowest BCUT2D eigenvalue weighted by atomic mass is 9.73. The highest BCUT2D eigenvalue weighted by Crippen LogP contribution is 2.41. The predicted octanol–water partition coefficient (Wildman–Crippen LogP) is 0.751. The number of carbonyl (C=O) groups is 2. The standard InChI is InChI=1S/C13H21N3O5/c1-9(15-20)13(7-11(18)8-13)21-10(2)16(5-4-6-17)12(19)14-3/h4-6,9-11,18H,7-8H2,1-3H3,(H,14,19)/b5-4-/t9?,10?,11-,13+. The minimum absolute atomic E-state index is 0.281. The predicted molar refractivity (Wildman–Crippen MR) is 75.3 cm³/mol. The molecule has 1 aliphatic rings. The molecule has 1 rings (SSSR count). The molecule has 0 bridgehead atoms. The largest absolute Gasteiger partial charge is 0.393 e. The molecule has 0 aliphatic heterocycles. The summed E-state index contributed by atoms with van der Waals surface area (Å²) in [5, 5.41) is 14.9. The van der Waals surface area contributed by atoms with Crippen LogP contribution >= 0.6 is 0 Å². The first-order valence-electron chi connectivity index (χ1n) is 6.70. The van der Waals surface area contributed by atoms with Gasteiger partial charge in [0.25, 0.3) is 0 Å². The van der Waals surface area contributed by atoms with Gasteiger partial charge in [-0.05, 0) is 19.9 Å². The van der Waals surface area contributed by atoms with Gasteiger partial charge in [-0.15, -0.1) is 0 Å². The number of amides is 2. The maximum absolute atomic E-state index is 11.8. The molecule has 0 heterocycles. The summed E-state index contributed by atoms with van der Waals surface area (Å²) in [4.78, 5) is 34.2. The van der Waals surface area contributed by atoms with Crippen molar-refractivity contribution in [1.82, 2.24) is 10.2 Å². The number of aldehydes is 1. The zero-order valence-corrected chi connectivity index (χ0v) is 12.4. The highest BCUT2D eigenvalue weighted by molar-refractivity contribution is 5.76. The van der Waals surface area contributed by atoms with E-state index in [1.54, 1.807) is 13.8 Å². The summed E-state index contributed by atoms with van der Waals surface area (Å²) >= 11 is 0. The van der Waals surface area contributed by atoms with E-state index >= 15 is 0 Å². The van der Waals surface area contributed by atoms with Crippen LogP contribution in [0, 0.1) is 4.91 Å². The van der Waals surface area contributed by atoms with Crippen molar-refractivity contribution in [2.24, 2.45) is 5.18 Å². The number of carbonyl (C=O) groups excluding carboxylic acids is 2. The maximum Gasteiger partial charge on any atom is 0.323 e. The molecule has 2 unspecified atom stereocenters. The summed E-state index contributed by atoms with van der Waals surface area (Å²) in [5.74, 6) is 0. The zero-order valence-electron chi connectivity index (χ0n) is 12.4. The molecule has 0 radical (unpaired) electrons. The molecule has 0 aromatic heterocycles. The third kappa shape index (κ3) is 3.85. The van der Waals surface area contributed by atoms with Crippen molar-refractivity contribution in [1.29, 1.82) is 0 Å². The average molecular weight is 299 g/mol. The molecule has 1 saturated carbocycles. The van der Waals surface area contributed by atoms with Gasteiger partial charge in [0.15, 0.2) is 0 Å². The van der Waals surface area contributed by atoms with Crippen molar-refractivity contribution >= 4 is 12.3 Å². The van der Waals surface area contributed by atoms with Gasteiger partial charge in [-0.25, -0.2) is 4.79 Å². The van der Waals surface area contributed by atoms with E-state index in [1.807, 2.05) is 0 Å². The van der Waals surface area contributed by atoms with Gasteiger partial charge in [0.05, 0.1) is 6.10 Å². The Labute approximate surface area is 123 Å². The molecular weight excluding hydrogens is 278 g/mol. The van der Waals surface area contributed by atoms with Gasteiger partial charge in [-0.1, -0.05) is 5.18 Å². The molecule has 8 nitrogen and oxygen atoms in total. The second-order valence-corrected chi connectivity index (χ2v) is 5.07. The van der Waals surface area contributed by atoms with Crippen molar-refractivity contribution in [2.75, 3.05) is 7.05 Å². The van der Waals surface area contributed by atoms with Crippen LogP contribution in [-0.4, -0.2) is 53.3 Å². The minimum atomic E-state index is -0.887. The Balaban J connectivity index is 2.85. The molecule has 0 aromatic rings. The second-order valence-electron chi connectivity index (χ2n) is 5.07. The molecule has 2 atom stereocenters. The van der Waals surface area contributed by atoms with Gasteiger partial charge in [0.2, 0.25) is 0 Å². The molecule has 1 aliphatic carbocycles. The second kappa shape index (κ2) is 7.28. The average Bonchev–Trinajstić information content (AvgIpc) is 2.44. The number of urea groups is 1. The van der Waals surface area contributed by atoms with Gasteiger partial charge >= 0.3 is 6.03 Å².